The highest BCUT2D eigenvalue weighted by molar-refractivity contribution is 5.89. The molecule has 0 radical (unpaired) electrons. The fourth-order valence-electron chi connectivity index (χ4n) is 2.20. The summed E-state index contributed by atoms with van der Waals surface area (Å²) in [4.78, 5) is 47.0. The summed E-state index contributed by atoms with van der Waals surface area (Å²) in [6, 6.07) is 0. The van der Waals surface area contributed by atoms with Crippen LogP contribution in [0.1, 0.15) is 60.8 Å². The summed E-state index contributed by atoms with van der Waals surface area (Å²) in [6.45, 7) is 10.5. The minimum absolute atomic E-state index is 0.0790. The van der Waals surface area contributed by atoms with Gasteiger partial charge in [-0.1, -0.05) is 34.6 Å². The van der Waals surface area contributed by atoms with Gasteiger partial charge in [-0.15, -0.1) is 0 Å². The number of hydrogen-bond donors (Lipinski definition) is 0. The Labute approximate surface area is 144 Å². The van der Waals surface area contributed by atoms with E-state index in [2.05, 4.69) is 0 Å². The molecule has 0 aliphatic heterocycles. The lowest BCUT2D eigenvalue weighted by atomic mass is 9.87. The smallest absolute Gasteiger partial charge is 0.310 e. The van der Waals surface area contributed by atoms with Gasteiger partial charge in [0.2, 0.25) is 0 Å². The van der Waals surface area contributed by atoms with Crippen molar-refractivity contribution in [2.45, 2.75) is 73.0 Å². The highest BCUT2D eigenvalue weighted by Crippen LogP contribution is 2.22. The number of carbonyl (C=O) groups excluding carboxylic acids is 4. The zero-order valence-corrected chi connectivity index (χ0v) is 15.5. The van der Waals surface area contributed by atoms with E-state index < -0.39 is 30.1 Å². The minimum Gasteiger partial charge on any atom is -0.455 e. The van der Waals surface area contributed by atoms with Crippen molar-refractivity contribution in [3.05, 3.63) is 0 Å². The van der Waals surface area contributed by atoms with E-state index in [1.165, 1.54) is 6.92 Å². The topological polar surface area (TPSA) is 86.7 Å². The van der Waals surface area contributed by atoms with Gasteiger partial charge in [-0.3, -0.25) is 19.2 Å². The van der Waals surface area contributed by atoms with E-state index in [0.29, 0.717) is 12.7 Å². The molecule has 3 atom stereocenters. The van der Waals surface area contributed by atoms with Crippen molar-refractivity contribution >= 4 is 24.0 Å². The van der Waals surface area contributed by atoms with Crippen molar-refractivity contribution in [3.63, 3.8) is 0 Å². The quantitative estimate of drug-likeness (QED) is 0.424. The lowest BCUT2D eigenvalue weighted by Gasteiger charge is -2.24. The first-order valence-electron chi connectivity index (χ1n) is 8.51. The van der Waals surface area contributed by atoms with Crippen LogP contribution < -0.4 is 0 Å². The maximum Gasteiger partial charge on any atom is 0.310 e. The SMILES string of the molecule is CCCC(=O)O[C@@H](C(=O)C[C@@H](C(=O)O[C@@H](C)C=O)C(C)C)C(C)C. The largest absolute Gasteiger partial charge is 0.455 e. The molecule has 0 saturated carbocycles. The van der Waals surface area contributed by atoms with Crippen LogP contribution in [0.2, 0.25) is 0 Å². The lowest BCUT2D eigenvalue weighted by Crippen LogP contribution is -2.36. The van der Waals surface area contributed by atoms with Crippen LogP contribution in [0, 0.1) is 17.8 Å². The summed E-state index contributed by atoms with van der Waals surface area (Å²) in [7, 11) is 0. The first kappa shape index (κ1) is 22.3. The van der Waals surface area contributed by atoms with Gasteiger partial charge in [-0.05, 0) is 25.2 Å². The predicted octanol–water partition coefficient (Wildman–Crippen LogP) is 2.72. The van der Waals surface area contributed by atoms with Crippen LogP contribution in [0.5, 0.6) is 0 Å². The molecule has 0 unspecified atom stereocenters. The fraction of sp³-hybridized carbons (Fsp3) is 0.778. The first-order chi connectivity index (χ1) is 11.1. The zero-order valence-electron chi connectivity index (χ0n) is 15.5. The highest BCUT2D eigenvalue weighted by atomic mass is 16.6. The van der Waals surface area contributed by atoms with Crippen molar-refractivity contribution in [1.29, 1.82) is 0 Å². The van der Waals surface area contributed by atoms with Gasteiger partial charge in [-0.2, -0.15) is 0 Å². The molecular weight excluding hydrogens is 312 g/mol. The predicted molar refractivity (Wildman–Crippen MR) is 89.2 cm³/mol. The Hall–Kier alpha value is -1.72. The van der Waals surface area contributed by atoms with Crippen molar-refractivity contribution in [3.8, 4) is 0 Å². The molecule has 0 aromatic carbocycles. The molecule has 0 aromatic rings. The van der Waals surface area contributed by atoms with E-state index in [9.17, 15) is 19.2 Å². The Morgan fingerprint density at radius 3 is 1.96 bits per heavy atom. The van der Waals surface area contributed by atoms with E-state index in [0.717, 1.165) is 0 Å². The van der Waals surface area contributed by atoms with Crippen molar-refractivity contribution in [2.75, 3.05) is 0 Å². The van der Waals surface area contributed by atoms with Crippen LogP contribution in [0.4, 0.5) is 0 Å². The number of hydrogen-bond acceptors (Lipinski definition) is 6. The molecule has 0 saturated heterocycles. The third kappa shape index (κ3) is 7.70. The zero-order chi connectivity index (χ0) is 18.9. The van der Waals surface area contributed by atoms with Gasteiger partial charge in [0, 0.05) is 12.8 Å². The van der Waals surface area contributed by atoms with Crippen LogP contribution in [-0.4, -0.2) is 36.2 Å². The molecule has 6 heteroatoms. The summed E-state index contributed by atoms with van der Waals surface area (Å²) in [5.74, 6) is -2.30. The molecule has 24 heavy (non-hydrogen) atoms. The number of rotatable bonds is 11. The number of aldehydes is 1. The molecule has 0 heterocycles. The average molecular weight is 342 g/mol. The normalized spacial score (nSPS) is 14.8. The Morgan fingerprint density at radius 2 is 1.54 bits per heavy atom. The van der Waals surface area contributed by atoms with Crippen LogP contribution in [-0.2, 0) is 28.7 Å². The van der Waals surface area contributed by atoms with Gasteiger partial charge in [-0.25, -0.2) is 0 Å². The van der Waals surface area contributed by atoms with Crippen LogP contribution in [0.25, 0.3) is 0 Å². The number of ether oxygens (including phenoxy) is 2. The summed E-state index contributed by atoms with van der Waals surface area (Å²) in [5, 5.41) is 0. The summed E-state index contributed by atoms with van der Waals surface area (Å²) in [5.41, 5.74) is 0. The minimum atomic E-state index is -0.874. The first-order valence-corrected chi connectivity index (χ1v) is 8.51. The van der Waals surface area contributed by atoms with Crippen LogP contribution >= 0.6 is 0 Å². The van der Waals surface area contributed by atoms with E-state index in [1.54, 1.807) is 27.7 Å². The molecule has 6 nitrogen and oxygen atoms in total. The van der Waals surface area contributed by atoms with Gasteiger partial charge < -0.3 is 9.47 Å². The highest BCUT2D eigenvalue weighted by Gasteiger charge is 2.33. The van der Waals surface area contributed by atoms with E-state index >= 15 is 0 Å². The molecule has 0 N–H and O–H groups in total. The Morgan fingerprint density at radius 1 is 0.958 bits per heavy atom. The van der Waals surface area contributed by atoms with E-state index in [4.69, 9.17) is 9.47 Å². The maximum absolute atomic E-state index is 12.5. The Bertz CT molecular complexity index is 441. The van der Waals surface area contributed by atoms with Crippen LogP contribution in [0.15, 0.2) is 0 Å². The van der Waals surface area contributed by atoms with Gasteiger partial charge in [0.25, 0.3) is 0 Å². The van der Waals surface area contributed by atoms with Gasteiger partial charge in [0.1, 0.15) is 0 Å². The van der Waals surface area contributed by atoms with Gasteiger partial charge >= 0.3 is 11.9 Å². The second-order valence-electron chi connectivity index (χ2n) is 6.70. The standard InChI is InChI=1S/C18H30O6/c1-7-8-16(21)24-17(12(4)5)15(20)9-14(11(2)3)18(22)23-13(6)10-19/h10-14,17H,7-9H2,1-6H3/t13-,14+,17+/m0/s1. The molecule has 138 valence electrons. The third-order valence-electron chi connectivity index (χ3n) is 3.66. The summed E-state index contributed by atoms with van der Waals surface area (Å²) >= 11 is 0. The average Bonchev–Trinajstić information content (AvgIpc) is 2.49. The van der Waals surface area contributed by atoms with Crippen LogP contribution in [0.3, 0.4) is 0 Å². The molecule has 0 amide bonds. The molecule has 0 aliphatic rings. The molecule has 0 aliphatic carbocycles. The van der Waals surface area contributed by atoms with E-state index in [1.807, 2.05) is 6.92 Å². The third-order valence-corrected chi connectivity index (χ3v) is 3.66. The van der Waals surface area contributed by atoms with E-state index in [-0.39, 0.29) is 30.5 Å². The van der Waals surface area contributed by atoms with Crippen molar-refractivity contribution in [1.82, 2.24) is 0 Å². The Kier molecular flexibility index (Phi) is 10.2. The molecular formula is C18H30O6. The number of ketones is 1. The molecule has 0 fully saturated rings. The molecule has 0 spiro atoms. The lowest BCUT2D eigenvalue weighted by molar-refractivity contribution is -0.162. The molecule has 0 rings (SSSR count). The second-order valence-corrected chi connectivity index (χ2v) is 6.70. The number of Topliss-reactive ketones (excluding diaryl/α,β-unsaturated/α-hetero) is 1. The number of esters is 2. The van der Waals surface area contributed by atoms with Gasteiger partial charge in [0.15, 0.2) is 24.3 Å². The maximum atomic E-state index is 12.5. The summed E-state index contributed by atoms with van der Waals surface area (Å²) < 4.78 is 10.3. The monoisotopic (exact) mass is 342 g/mol. The van der Waals surface area contributed by atoms with Gasteiger partial charge in [0.05, 0.1) is 5.92 Å². The molecule has 0 aromatic heterocycles. The fourth-order valence-corrected chi connectivity index (χ4v) is 2.20. The van der Waals surface area contributed by atoms with Crippen molar-refractivity contribution in [2.24, 2.45) is 17.8 Å². The number of carbonyl (C=O) groups is 4. The Balaban J connectivity index is 5.03. The summed E-state index contributed by atoms with van der Waals surface area (Å²) in [6.07, 6.45) is -0.380. The molecule has 0 bridgehead atoms. The van der Waals surface area contributed by atoms with Crippen molar-refractivity contribution < 1.29 is 28.7 Å². The second kappa shape index (κ2) is 10.9.